The lowest BCUT2D eigenvalue weighted by Gasteiger charge is -2.27. The lowest BCUT2D eigenvalue weighted by atomic mass is 10.2. The number of ether oxygens (including phenoxy) is 1. The number of unbranched alkanes of at least 4 members (excludes halogenated alkanes) is 1. The fourth-order valence-electron chi connectivity index (χ4n) is 3.77. The molecular formula is C27H26NO2P. The summed E-state index contributed by atoms with van der Waals surface area (Å²) in [7, 11) is -2.13. The Balaban J connectivity index is 1.70. The third-order valence-electron chi connectivity index (χ3n) is 5.30. The van der Waals surface area contributed by atoms with Crippen LogP contribution in [0.4, 0.5) is 0 Å². The van der Waals surface area contributed by atoms with Crippen LogP contribution >= 0.6 is 7.05 Å². The summed E-state index contributed by atoms with van der Waals surface area (Å²) in [5.74, 6) is 0.399. The van der Waals surface area contributed by atoms with Crippen molar-refractivity contribution in [2.24, 2.45) is 4.74 Å². The molecule has 0 saturated heterocycles. The molecule has 31 heavy (non-hydrogen) atoms. The minimum Gasteiger partial charge on any atom is -0.424 e. The number of nitrogens with zero attached hydrogens (tertiary/aromatic N) is 1. The Bertz CT molecular complexity index is 1050. The molecule has 0 saturated carbocycles. The number of cyclic esters (lactones) is 1. The second kappa shape index (κ2) is 9.76. The van der Waals surface area contributed by atoms with Crippen LogP contribution in [0.1, 0.15) is 19.8 Å². The molecule has 0 amide bonds. The molecule has 1 aliphatic rings. The lowest BCUT2D eigenvalue weighted by molar-refractivity contribution is -0.133. The van der Waals surface area contributed by atoms with Crippen LogP contribution in [0.15, 0.2) is 119 Å². The van der Waals surface area contributed by atoms with Crippen molar-refractivity contribution in [3.63, 3.8) is 0 Å². The molecule has 0 N–H and O–H groups in total. The lowest BCUT2D eigenvalue weighted by Crippen LogP contribution is -2.25. The van der Waals surface area contributed by atoms with Crippen LogP contribution in [-0.4, -0.2) is 12.5 Å². The number of carbonyl (C=O) groups is 1. The normalized spacial score (nSPS) is 14.9. The Hall–Kier alpha value is -3.16. The SMILES string of the molecule is CC1=C/C(=C\CCCN=P(c2ccccc2)(c2ccccc2)c2ccccc2)OC1=O. The van der Waals surface area contributed by atoms with E-state index in [0.29, 0.717) is 11.3 Å². The summed E-state index contributed by atoms with van der Waals surface area (Å²) in [5.41, 5.74) is 0.651. The van der Waals surface area contributed by atoms with Gasteiger partial charge in [-0.05, 0) is 31.9 Å². The minimum absolute atomic E-state index is 0.252. The van der Waals surface area contributed by atoms with Crippen molar-refractivity contribution in [2.45, 2.75) is 19.8 Å². The van der Waals surface area contributed by atoms with E-state index in [1.807, 2.05) is 6.08 Å². The third-order valence-corrected chi connectivity index (χ3v) is 9.06. The van der Waals surface area contributed by atoms with Crippen molar-refractivity contribution in [3.05, 3.63) is 114 Å². The van der Waals surface area contributed by atoms with Gasteiger partial charge in [-0.3, -0.25) is 4.74 Å². The molecule has 0 aromatic heterocycles. The van der Waals surface area contributed by atoms with Crippen molar-refractivity contribution in [1.29, 1.82) is 0 Å². The third kappa shape index (κ3) is 4.62. The van der Waals surface area contributed by atoms with Crippen LogP contribution < -0.4 is 15.9 Å². The minimum atomic E-state index is -2.13. The van der Waals surface area contributed by atoms with E-state index in [0.717, 1.165) is 19.4 Å². The molecule has 156 valence electrons. The second-order valence-corrected chi connectivity index (χ2v) is 10.6. The maximum atomic E-state index is 11.5. The van der Waals surface area contributed by atoms with E-state index >= 15 is 0 Å². The average Bonchev–Trinajstić information content (AvgIpc) is 3.15. The first kappa shape index (κ1) is 21.1. The van der Waals surface area contributed by atoms with Crippen molar-refractivity contribution < 1.29 is 9.53 Å². The van der Waals surface area contributed by atoms with Crippen molar-refractivity contribution in [3.8, 4) is 0 Å². The maximum absolute atomic E-state index is 11.5. The van der Waals surface area contributed by atoms with Crippen molar-refractivity contribution in [1.82, 2.24) is 0 Å². The van der Waals surface area contributed by atoms with Gasteiger partial charge < -0.3 is 4.74 Å². The summed E-state index contributed by atoms with van der Waals surface area (Å²) < 4.78 is 10.7. The van der Waals surface area contributed by atoms with Gasteiger partial charge in [0, 0.05) is 28.0 Å². The van der Waals surface area contributed by atoms with Gasteiger partial charge in [0.25, 0.3) is 0 Å². The van der Waals surface area contributed by atoms with Gasteiger partial charge in [-0.1, -0.05) is 91.0 Å². The van der Waals surface area contributed by atoms with Crippen LogP contribution in [0, 0.1) is 0 Å². The van der Waals surface area contributed by atoms with Gasteiger partial charge in [0.1, 0.15) is 5.76 Å². The smallest absolute Gasteiger partial charge is 0.339 e. The number of hydrogen-bond acceptors (Lipinski definition) is 3. The van der Waals surface area contributed by atoms with E-state index < -0.39 is 7.05 Å². The van der Waals surface area contributed by atoms with Crippen molar-refractivity contribution in [2.75, 3.05) is 6.54 Å². The molecule has 4 heteroatoms. The number of benzene rings is 3. The van der Waals surface area contributed by atoms with Crippen molar-refractivity contribution >= 4 is 28.9 Å². The molecule has 3 aromatic rings. The highest BCUT2D eigenvalue weighted by atomic mass is 31.2. The highest BCUT2D eigenvalue weighted by Crippen LogP contribution is 2.46. The Kier molecular flexibility index (Phi) is 6.64. The Labute approximate surface area is 184 Å². The number of esters is 1. The van der Waals surface area contributed by atoms with Gasteiger partial charge in [0.15, 0.2) is 0 Å². The largest absolute Gasteiger partial charge is 0.424 e. The fourth-order valence-corrected chi connectivity index (χ4v) is 7.41. The van der Waals surface area contributed by atoms with Gasteiger partial charge in [0.2, 0.25) is 0 Å². The molecular weight excluding hydrogens is 401 g/mol. The summed E-state index contributed by atoms with van der Waals surface area (Å²) in [6, 6.07) is 31.9. The van der Waals surface area contributed by atoms with E-state index in [2.05, 4.69) is 91.0 Å². The first-order valence-corrected chi connectivity index (χ1v) is 12.3. The molecule has 0 spiro atoms. The summed E-state index contributed by atoms with van der Waals surface area (Å²) in [5, 5.41) is 3.78. The Morgan fingerprint density at radius 1 is 0.806 bits per heavy atom. The summed E-state index contributed by atoms with van der Waals surface area (Å²) >= 11 is 0. The number of hydrogen-bond donors (Lipinski definition) is 0. The summed E-state index contributed by atoms with van der Waals surface area (Å²) in [6.07, 6.45) is 5.49. The standard InChI is InChI=1S/C27H26NO2P/c1-22-21-23(30-27(22)29)13-11-12-20-28-31(24-14-5-2-6-15-24,25-16-7-3-8-17-25)26-18-9-4-10-19-26/h2-10,13-19,21H,11-12,20H2,1H3/b23-13+. The highest BCUT2D eigenvalue weighted by Gasteiger charge is 2.26. The monoisotopic (exact) mass is 427 g/mol. The molecule has 1 heterocycles. The second-order valence-electron chi connectivity index (χ2n) is 7.47. The molecule has 3 nitrogen and oxygen atoms in total. The number of carbonyl (C=O) groups excluding carboxylic acids is 1. The molecule has 0 atom stereocenters. The van der Waals surface area contributed by atoms with Gasteiger partial charge in [0.05, 0.1) is 7.05 Å². The van der Waals surface area contributed by atoms with E-state index in [4.69, 9.17) is 9.48 Å². The highest BCUT2D eigenvalue weighted by molar-refractivity contribution is 7.87. The van der Waals surface area contributed by atoms with Gasteiger partial charge in [-0.25, -0.2) is 4.79 Å². The van der Waals surface area contributed by atoms with Gasteiger partial charge in [-0.15, -0.1) is 0 Å². The zero-order valence-corrected chi connectivity index (χ0v) is 18.5. The predicted molar refractivity (Wildman–Crippen MR) is 130 cm³/mol. The van der Waals surface area contributed by atoms with E-state index in [-0.39, 0.29) is 5.97 Å². The van der Waals surface area contributed by atoms with Gasteiger partial charge >= 0.3 is 5.97 Å². The average molecular weight is 427 g/mol. The summed E-state index contributed by atoms with van der Waals surface area (Å²) in [4.78, 5) is 11.5. The topological polar surface area (TPSA) is 38.7 Å². The zero-order chi connectivity index (χ0) is 21.5. The Morgan fingerprint density at radius 3 is 1.71 bits per heavy atom. The van der Waals surface area contributed by atoms with E-state index in [1.165, 1.54) is 15.9 Å². The Morgan fingerprint density at radius 2 is 1.29 bits per heavy atom. The molecule has 0 unspecified atom stereocenters. The predicted octanol–water partition coefficient (Wildman–Crippen LogP) is 5.33. The number of rotatable bonds is 7. The quantitative estimate of drug-likeness (QED) is 0.290. The summed E-state index contributed by atoms with van der Waals surface area (Å²) in [6.45, 7) is 2.50. The molecule has 0 fully saturated rings. The van der Waals surface area contributed by atoms with Crippen LogP contribution in [0.2, 0.25) is 0 Å². The van der Waals surface area contributed by atoms with E-state index in [9.17, 15) is 4.79 Å². The fraction of sp³-hybridized carbons (Fsp3) is 0.148. The van der Waals surface area contributed by atoms with Crippen LogP contribution in [0.25, 0.3) is 0 Å². The molecule has 0 aliphatic carbocycles. The molecule has 3 aromatic carbocycles. The first-order chi connectivity index (χ1) is 15.2. The van der Waals surface area contributed by atoms with E-state index in [1.54, 1.807) is 13.0 Å². The zero-order valence-electron chi connectivity index (χ0n) is 17.6. The molecule has 0 radical (unpaired) electrons. The van der Waals surface area contributed by atoms with Crippen LogP contribution in [0.3, 0.4) is 0 Å². The van der Waals surface area contributed by atoms with Crippen LogP contribution in [-0.2, 0) is 9.53 Å². The number of allylic oxidation sites excluding steroid dienone is 2. The first-order valence-electron chi connectivity index (χ1n) is 10.6. The molecule has 1 aliphatic heterocycles. The molecule has 4 rings (SSSR count). The van der Waals surface area contributed by atoms with Crippen LogP contribution in [0.5, 0.6) is 0 Å². The maximum Gasteiger partial charge on any atom is 0.339 e. The van der Waals surface area contributed by atoms with Gasteiger partial charge in [-0.2, -0.15) is 0 Å². The molecule has 0 bridgehead atoms.